The van der Waals surface area contributed by atoms with E-state index in [0.29, 0.717) is 18.2 Å². The molecule has 14 heavy (non-hydrogen) atoms. The van der Waals surface area contributed by atoms with Crippen LogP contribution in [0.15, 0.2) is 0 Å². The molecule has 1 heterocycles. The highest BCUT2D eigenvalue weighted by Crippen LogP contribution is 2.42. The summed E-state index contributed by atoms with van der Waals surface area (Å²) in [6.45, 7) is 6.35. The van der Waals surface area contributed by atoms with Gasteiger partial charge in [0.05, 0.1) is 12.7 Å². The minimum absolute atomic E-state index is 0.275. The highest BCUT2D eigenvalue weighted by molar-refractivity contribution is 5.03. The summed E-state index contributed by atoms with van der Waals surface area (Å²) in [6, 6.07) is 1.16. The summed E-state index contributed by atoms with van der Waals surface area (Å²) in [7, 11) is 1.81. The van der Waals surface area contributed by atoms with Crippen molar-refractivity contribution in [2.75, 3.05) is 20.3 Å². The SMILES string of the molecule is COC1CC(NC2CCOC2)C1(C)C. The molecule has 0 aromatic carbocycles. The lowest BCUT2D eigenvalue weighted by Gasteiger charge is -2.52. The van der Waals surface area contributed by atoms with Crippen LogP contribution >= 0.6 is 0 Å². The molecule has 1 aliphatic carbocycles. The first kappa shape index (κ1) is 10.4. The molecule has 0 bridgehead atoms. The van der Waals surface area contributed by atoms with E-state index < -0.39 is 0 Å². The van der Waals surface area contributed by atoms with E-state index in [2.05, 4.69) is 19.2 Å². The minimum atomic E-state index is 0.275. The Kier molecular flexibility index (Phi) is 2.82. The molecule has 2 aliphatic rings. The van der Waals surface area contributed by atoms with Gasteiger partial charge < -0.3 is 14.8 Å². The van der Waals surface area contributed by atoms with Gasteiger partial charge in [-0.15, -0.1) is 0 Å². The van der Waals surface area contributed by atoms with Gasteiger partial charge in [0.15, 0.2) is 0 Å². The van der Waals surface area contributed by atoms with Gasteiger partial charge >= 0.3 is 0 Å². The Morgan fingerprint density at radius 3 is 2.71 bits per heavy atom. The predicted molar refractivity (Wildman–Crippen MR) is 55.3 cm³/mol. The van der Waals surface area contributed by atoms with E-state index in [-0.39, 0.29) is 5.41 Å². The first-order chi connectivity index (χ1) is 6.64. The minimum Gasteiger partial charge on any atom is -0.381 e. The van der Waals surface area contributed by atoms with Gasteiger partial charge in [-0.3, -0.25) is 0 Å². The molecule has 3 nitrogen and oxygen atoms in total. The third kappa shape index (κ3) is 1.69. The highest BCUT2D eigenvalue weighted by atomic mass is 16.5. The van der Waals surface area contributed by atoms with E-state index in [0.717, 1.165) is 26.1 Å². The van der Waals surface area contributed by atoms with Gasteiger partial charge in [0.2, 0.25) is 0 Å². The topological polar surface area (TPSA) is 30.5 Å². The normalized spacial score (nSPS) is 40.9. The molecule has 2 fully saturated rings. The average Bonchev–Trinajstić information content (AvgIpc) is 2.64. The van der Waals surface area contributed by atoms with Crippen molar-refractivity contribution in [2.45, 2.75) is 44.9 Å². The Morgan fingerprint density at radius 2 is 2.21 bits per heavy atom. The molecule has 0 amide bonds. The van der Waals surface area contributed by atoms with Gasteiger partial charge in [-0.05, 0) is 12.8 Å². The second-order valence-corrected chi connectivity index (χ2v) is 5.06. The molecule has 3 atom stereocenters. The van der Waals surface area contributed by atoms with Crippen LogP contribution in [0.2, 0.25) is 0 Å². The molecule has 1 saturated heterocycles. The zero-order valence-electron chi connectivity index (χ0n) is 9.38. The molecule has 0 aromatic heterocycles. The number of hydrogen-bond donors (Lipinski definition) is 1. The summed E-state index contributed by atoms with van der Waals surface area (Å²) in [5.41, 5.74) is 0.275. The maximum atomic E-state index is 5.42. The molecule has 3 unspecified atom stereocenters. The number of ether oxygens (including phenoxy) is 2. The predicted octanol–water partition coefficient (Wildman–Crippen LogP) is 1.18. The van der Waals surface area contributed by atoms with Crippen LogP contribution in [0, 0.1) is 5.41 Å². The molecule has 82 valence electrons. The molecule has 1 N–H and O–H groups in total. The van der Waals surface area contributed by atoms with Crippen LogP contribution in [0.3, 0.4) is 0 Å². The molecule has 0 spiro atoms. The van der Waals surface area contributed by atoms with Crippen molar-refractivity contribution < 1.29 is 9.47 Å². The van der Waals surface area contributed by atoms with E-state index in [1.165, 1.54) is 0 Å². The first-order valence-corrected chi connectivity index (χ1v) is 5.51. The molecular formula is C11H21NO2. The van der Waals surface area contributed by atoms with Gasteiger partial charge in [0.25, 0.3) is 0 Å². The van der Waals surface area contributed by atoms with Gasteiger partial charge in [-0.1, -0.05) is 13.8 Å². The number of methoxy groups -OCH3 is 1. The third-order valence-electron chi connectivity index (χ3n) is 3.83. The Morgan fingerprint density at radius 1 is 1.43 bits per heavy atom. The van der Waals surface area contributed by atoms with E-state index in [1.807, 2.05) is 0 Å². The molecule has 0 radical (unpaired) electrons. The number of nitrogens with one attached hydrogen (secondary N) is 1. The number of hydrogen-bond acceptors (Lipinski definition) is 3. The second-order valence-electron chi connectivity index (χ2n) is 5.06. The standard InChI is InChI=1S/C11H21NO2/c1-11(2)9(6-10(11)13-3)12-8-4-5-14-7-8/h8-10,12H,4-7H2,1-3H3. The van der Waals surface area contributed by atoms with E-state index >= 15 is 0 Å². The van der Waals surface area contributed by atoms with Crippen molar-refractivity contribution in [1.29, 1.82) is 0 Å². The summed E-state index contributed by atoms with van der Waals surface area (Å²) in [5.74, 6) is 0. The molecule has 0 aromatic rings. The van der Waals surface area contributed by atoms with Crippen molar-refractivity contribution in [3.05, 3.63) is 0 Å². The van der Waals surface area contributed by atoms with Crippen molar-refractivity contribution >= 4 is 0 Å². The summed E-state index contributed by atoms with van der Waals surface area (Å²) in [4.78, 5) is 0. The summed E-state index contributed by atoms with van der Waals surface area (Å²) in [6.07, 6.45) is 2.71. The summed E-state index contributed by atoms with van der Waals surface area (Å²) >= 11 is 0. The van der Waals surface area contributed by atoms with Gasteiger partial charge in [-0.25, -0.2) is 0 Å². The smallest absolute Gasteiger partial charge is 0.0652 e. The lowest BCUT2D eigenvalue weighted by atomic mass is 9.64. The summed E-state index contributed by atoms with van der Waals surface area (Å²) < 4.78 is 10.8. The Hall–Kier alpha value is -0.120. The average molecular weight is 199 g/mol. The monoisotopic (exact) mass is 199 g/mol. The Balaban J connectivity index is 1.82. The fraction of sp³-hybridized carbons (Fsp3) is 1.00. The maximum absolute atomic E-state index is 5.42. The molecule has 1 saturated carbocycles. The van der Waals surface area contributed by atoms with Crippen molar-refractivity contribution in [1.82, 2.24) is 5.32 Å². The molecule has 2 rings (SSSR count). The van der Waals surface area contributed by atoms with Crippen LogP contribution in [-0.4, -0.2) is 38.5 Å². The van der Waals surface area contributed by atoms with E-state index in [4.69, 9.17) is 9.47 Å². The van der Waals surface area contributed by atoms with Crippen molar-refractivity contribution in [3.8, 4) is 0 Å². The number of rotatable bonds is 3. The zero-order chi connectivity index (χ0) is 10.2. The van der Waals surface area contributed by atoms with Crippen molar-refractivity contribution in [2.24, 2.45) is 5.41 Å². The maximum Gasteiger partial charge on any atom is 0.0652 e. The van der Waals surface area contributed by atoms with Crippen LogP contribution < -0.4 is 5.32 Å². The molecule has 1 aliphatic heterocycles. The highest BCUT2D eigenvalue weighted by Gasteiger charge is 2.49. The Bertz CT molecular complexity index is 199. The third-order valence-corrected chi connectivity index (χ3v) is 3.83. The lowest BCUT2D eigenvalue weighted by molar-refractivity contribution is -0.100. The lowest BCUT2D eigenvalue weighted by Crippen LogP contribution is -2.62. The van der Waals surface area contributed by atoms with Gasteiger partial charge in [0, 0.05) is 31.2 Å². The van der Waals surface area contributed by atoms with E-state index in [1.54, 1.807) is 7.11 Å². The zero-order valence-corrected chi connectivity index (χ0v) is 9.38. The second kappa shape index (κ2) is 3.80. The molecular weight excluding hydrogens is 178 g/mol. The van der Waals surface area contributed by atoms with Crippen molar-refractivity contribution in [3.63, 3.8) is 0 Å². The van der Waals surface area contributed by atoms with Crippen LogP contribution in [-0.2, 0) is 9.47 Å². The molecule has 3 heteroatoms. The van der Waals surface area contributed by atoms with Crippen LogP contribution in [0.5, 0.6) is 0 Å². The largest absolute Gasteiger partial charge is 0.381 e. The fourth-order valence-corrected chi connectivity index (χ4v) is 2.52. The first-order valence-electron chi connectivity index (χ1n) is 5.51. The summed E-state index contributed by atoms with van der Waals surface area (Å²) in [5, 5.41) is 3.66. The van der Waals surface area contributed by atoms with Crippen LogP contribution in [0.1, 0.15) is 26.7 Å². The van der Waals surface area contributed by atoms with Crippen LogP contribution in [0.4, 0.5) is 0 Å². The Labute approximate surface area is 86.2 Å². The fourth-order valence-electron chi connectivity index (χ4n) is 2.52. The van der Waals surface area contributed by atoms with Crippen LogP contribution in [0.25, 0.3) is 0 Å². The van der Waals surface area contributed by atoms with Gasteiger partial charge in [-0.2, -0.15) is 0 Å². The quantitative estimate of drug-likeness (QED) is 0.740. The van der Waals surface area contributed by atoms with Gasteiger partial charge in [0.1, 0.15) is 0 Å². The van der Waals surface area contributed by atoms with E-state index in [9.17, 15) is 0 Å².